The van der Waals surface area contributed by atoms with E-state index in [0.717, 1.165) is 32.3 Å². The first-order valence-electron chi connectivity index (χ1n) is 6.99. The summed E-state index contributed by atoms with van der Waals surface area (Å²) in [4.78, 5) is 14.2. The fourth-order valence-corrected chi connectivity index (χ4v) is 2.70. The van der Waals surface area contributed by atoms with Crippen molar-refractivity contribution in [1.82, 2.24) is 9.47 Å². The van der Waals surface area contributed by atoms with Gasteiger partial charge in [0.2, 0.25) is 0 Å². The van der Waals surface area contributed by atoms with Gasteiger partial charge in [-0.3, -0.25) is 4.79 Å². The fraction of sp³-hybridized carbons (Fsp3) is 0.643. The van der Waals surface area contributed by atoms with Crippen LogP contribution in [-0.2, 0) is 4.74 Å². The smallest absolute Gasteiger partial charge is 0.270 e. The van der Waals surface area contributed by atoms with Crippen LogP contribution in [0.3, 0.4) is 0 Å². The number of carbonyl (C=O) groups excluding carboxylic acids is 1. The Morgan fingerprint density at radius 1 is 1.53 bits per heavy atom. The molecule has 1 aromatic rings. The second-order valence-electron chi connectivity index (χ2n) is 5.62. The molecular weight excluding hydrogens is 242 g/mol. The molecule has 0 radical (unpaired) electrons. The third-order valence-electron chi connectivity index (χ3n) is 3.88. The predicted molar refractivity (Wildman–Crippen MR) is 73.0 cm³/mol. The number of nitrogens with zero attached hydrogens (tertiary/aromatic N) is 2. The van der Waals surface area contributed by atoms with Crippen molar-refractivity contribution in [2.24, 2.45) is 0 Å². The molecule has 19 heavy (non-hydrogen) atoms. The third-order valence-corrected chi connectivity index (χ3v) is 3.88. The summed E-state index contributed by atoms with van der Waals surface area (Å²) >= 11 is 0. The first-order valence-corrected chi connectivity index (χ1v) is 6.99. The number of hydrogen-bond donors (Lipinski definition) is 1. The van der Waals surface area contributed by atoms with Gasteiger partial charge in [0.15, 0.2) is 0 Å². The number of nitrogens with two attached hydrogens (primary N) is 1. The molecule has 1 unspecified atom stereocenters. The van der Waals surface area contributed by atoms with Gasteiger partial charge in [0.25, 0.3) is 5.91 Å². The minimum absolute atomic E-state index is 0.0408. The average Bonchev–Trinajstić information content (AvgIpc) is 2.97. The largest absolute Gasteiger partial charge is 0.397 e. The van der Waals surface area contributed by atoms with Crippen molar-refractivity contribution in [2.75, 3.05) is 25.9 Å². The van der Waals surface area contributed by atoms with Gasteiger partial charge in [-0.15, -0.1) is 0 Å². The number of hydrogen-bond acceptors (Lipinski definition) is 3. The number of likely N-dealkylation sites (N-methyl/N-ethyl adjacent to an activating group) is 1. The van der Waals surface area contributed by atoms with E-state index in [2.05, 4.69) is 0 Å². The molecule has 5 nitrogen and oxygen atoms in total. The van der Waals surface area contributed by atoms with E-state index in [4.69, 9.17) is 10.5 Å². The fourth-order valence-electron chi connectivity index (χ4n) is 2.70. The van der Waals surface area contributed by atoms with Crippen molar-refractivity contribution in [3.05, 3.63) is 18.0 Å². The van der Waals surface area contributed by atoms with Crippen LogP contribution in [0.4, 0.5) is 5.69 Å². The van der Waals surface area contributed by atoms with E-state index in [1.165, 1.54) is 0 Å². The van der Waals surface area contributed by atoms with E-state index in [0.29, 0.717) is 24.0 Å². The molecule has 2 aliphatic rings. The Bertz CT molecular complexity index is 473. The highest BCUT2D eigenvalue weighted by Gasteiger charge is 2.29. The zero-order chi connectivity index (χ0) is 13.4. The van der Waals surface area contributed by atoms with Gasteiger partial charge in [-0.25, -0.2) is 0 Å². The maximum absolute atomic E-state index is 12.5. The van der Waals surface area contributed by atoms with E-state index in [1.807, 2.05) is 17.8 Å². The molecule has 5 heteroatoms. The summed E-state index contributed by atoms with van der Waals surface area (Å²) in [7, 11) is 1.84. The molecule has 1 amide bonds. The van der Waals surface area contributed by atoms with E-state index in [-0.39, 0.29) is 12.0 Å². The van der Waals surface area contributed by atoms with Gasteiger partial charge in [-0.05, 0) is 31.7 Å². The lowest BCUT2D eigenvalue weighted by Crippen LogP contribution is -2.35. The van der Waals surface area contributed by atoms with E-state index >= 15 is 0 Å². The van der Waals surface area contributed by atoms with Crippen molar-refractivity contribution in [1.29, 1.82) is 0 Å². The monoisotopic (exact) mass is 263 g/mol. The van der Waals surface area contributed by atoms with Crippen LogP contribution in [0, 0.1) is 0 Å². The molecule has 2 fully saturated rings. The normalized spacial score (nSPS) is 22.7. The maximum atomic E-state index is 12.5. The Labute approximate surface area is 113 Å². The summed E-state index contributed by atoms with van der Waals surface area (Å²) < 4.78 is 7.61. The molecule has 0 spiro atoms. The minimum Gasteiger partial charge on any atom is -0.397 e. The first-order chi connectivity index (χ1) is 9.15. The van der Waals surface area contributed by atoms with Gasteiger partial charge >= 0.3 is 0 Å². The minimum atomic E-state index is 0.0408. The zero-order valence-electron chi connectivity index (χ0n) is 11.3. The number of ether oxygens (including phenoxy) is 1. The number of rotatable bonds is 4. The van der Waals surface area contributed by atoms with Crippen LogP contribution in [0.2, 0.25) is 0 Å². The molecule has 3 rings (SSSR count). The molecule has 104 valence electrons. The Kier molecular flexibility index (Phi) is 3.22. The quantitative estimate of drug-likeness (QED) is 0.898. The van der Waals surface area contributed by atoms with Gasteiger partial charge in [0, 0.05) is 32.4 Å². The highest BCUT2D eigenvalue weighted by Crippen LogP contribution is 2.37. The molecule has 2 N–H and O–H groups in total. The van der Waals surface area contributed by atoms with Gasteiger partial charge < -0.3 is 19.9 Å². The molecule has 0 aromatic carbocycles. The van der Waals surface area contributed by atoms with Crippen molar-refractivity contribution in [2.45, 2.75) is 37.8 Å². The van der Waals surface area contributed by atoms with E-state index in [1.54, 1.807) is 11.0 Å². The SMILES string of the molecule is CN(CC1CCCO1)C(=O)c1cc(N)cn1C1CC1. The number of amides is 1. The molecule has 1 atom stereocenters. The van der Waals surface area contributed by atoms with E-state index in [9.17, 15) is 4.79 Å². The summed E-state index contributed by atoms with van der Waals surface area (Å²) in [5.41, 5.74) is 7.21. The molecule has 1 aromatic heterocycles. The number of aromatic nitrogens is 1. The Morgan fingerprint density at radius 3 is 2.95 bits per heavy atom. The molecule has 1 aliphatic heterocycles. The second kappa shape index (κ2) is 4.89. The molecule has 1 saturated heterocycles. The van der Waals surface area contributed by atoms with Gasteiger partial charge in [-0.2, -0.15) is 0 Å². The third kappa shape index (κ3) is 2.61. The molecule has 0 bridgehead atoms. The summed E-state index contributed by atoms with van der Waals surface area (Å²) in [5.74, 6) is 0.0408. The molecular formula is C14H21N3O2. The van der Waals surface area contributed by atoms with Crippen molar-refractivity contribution in [3.63, 3.8) is 0 Å². The highest BCUT2D eigenvalue weighted by molar-refractivity contribution is 5.93. The molecule has 2 heterocycles. The lowest BCUT2D eigenvalue weighted by atomic mass is 10.2. The molecule has 1 aliphatic carbocycles. The van der Waals surface area contributed by atoms with E-state index < -0.39 is 0 Å². The second-order valence-corrected chi connectivity index (χ2v) is 5.62. The van der Waals surface area contributed by atoms with Crippen molar-refractivity contribution in [3.8, 4) is 0 Å². The van der Waals surface area contributed by atoms with Gasteiger partial charge in [0.1, 0.15) is 5.69 Å². The highest BCUT2D eigenvalue weighted by atomic mass is 16.5. The van der Waals surface area contributed by atoms with Gasteiger partial charge in [0.05, 0.1) is 11.8 Å². The van der Waals surface area contributed by atoms with Crippen LogP contribution in [0.1, 0.15) is 42.2 Å². The first kappa shape index (κ1) is 12.5. The maximum Gasteiger partial charge on any atom is 0.270 e. The van der Waals surface area contributed by atoms with Gasteiger partial charge in [-0.1, -0.05) is 0 Å². The molecule has 1 saturated carbocycles. The summed E-state index contributed by atoms with van der Waals surface area (Å²) in [6.07, 6.45) is 6.50. The summed E-state index contributed by atoms with van der Waals surface area (Å²) in [6, 6.07) is 2.25. The Balaban J connectivity index is 1.71. The van der Waals surface area contributed by atoms with Crippen LogP contribution >= 0.6 is 0 Å². The standard InChI is InChI=1S/C14H21N3O2/c1-16(9-12-3-2-6-19-12)14(18)13-7-10(15)8-17(13)11-4-5-11/h7-8,11-12H,2-6,9,15H2,1H3. The van der Waals surface area contributed by atoms with Crippen LogP contribution in [0.25, 0.3) is 0 Å². The average molecular weight is 263 g/mol. The zero-order valence-corrected chi connectivity index (χ0v) is 11.3. The number of nitrogen functional groups attached to an aromatic ring is 1. The summed E-state index contributed by atoms with van der Waals surface area (Å²) in [6.45, 7) is 1.48. The summed E-state index contributed by atoms with van der Waals surface area (Å²) in [5, 5.41) is 0. The predicted octanol–water partition coefficient (Wildman–Crippen LogP) is 1.66. The lowest BCUT2D eigenvalue weighted by molar-refractivity contribution is 0.0579. The number of anilines is 1. The van der Waals surface area contributed by atoms with Crippen LogP contribution in [0.15, 0.2) is 12.3 Å². The van der Waals surface area contributed by atoms with Crippen LogP contribution in [-0.4, -0.2) is 41.7 Å². The van der Waals surface area contributed by atoms with Crippen molar-refractivity contribution < 1.29 is 9.53 Å². The Hall–Kier alpha value is -1.49. The Morgan fingerprint density at radius 2 is 2.32 bits per heavy atom. The number of carbonyl (C=O) groups is 1. The van der Waals surface area contributed by atoms with Crippen molar-refractivity contribution >= 4 is 11.6 Å². The van der Waals surface area contributed by atoms with Crippen LogP contribution in [0.5, 0.6) is 0 Å². The lowest BCUT2D eigenvalue weighted by Gasteiger charge is -2.21. The van der Waals surface area contributed by atoms with Crippen LogP contribution < -0.4 is 5.73 Å². The topological polar surface area (TPSA) is 60.5 Å².